The predicted molar refractivity (Wildman–Crippen MR) is 116 cm³/mol. The van der Waals surface area contributed by atoms with E-state index < -0.39 is 33.9 Å². The van der Waals surface area contributed by atoms with Crippen molar-refractivity contribution in [3.63, 3.8) is 0 Å². The van der Waals surface area contributed by atoms with Gasteiger partial charge in [0.25, 0.3) is 10.0 Å². The summed E-state index contributed by atoms with van der Waals surface area (Å²) in [5.74, 6) is -0.559. The molecule has 0 saturated carbocycles. The summed E-state index contributed by atoms with van der Waals surface area (Å²) in [5, 5.41) is 0. The first-order chi connectivity index (χ1) is 16.3. The molecule has 0 bridgehead atoms. The Morgan fingerprint density at radius 3 is 2.11 bits per heavy atom. The summed E-state index contributed by atoms with van der Waals surface area (Å²) in [4.78, 5) is 4.15. The number of aliphatic imine (C=N–C) groups is 1. The van der Waals surface area contributed by atoms with Crippen LogP contribution in [0.2, 0.25) is 0 Å². The molecule has 1 N–H and O–H groups in total. The van der Waals surface area contributed by atoms with Crippen molar-refractivity contribution in [3.05, 3.63) is 89.0 Å². The second-order valence-electron chi connectivity index (χ2n) is 7.55. The summed E-state index contributed by atoms with van der Waals surface area (Å²) < 4.78 is 107. The molecule has 0 saturated heterocycles. The highest BCUT2D eigenvalue weighted by molar-refractivity contribution is 7.92. The fourth-order valence-corrected chi connectivity index (χ4v) is 4.62. The lowest BCUT2D eigenvalue weighted by atomic mass is 9.92. The summed E-state index contributed by atoms with van der Waals surface area (Å²) in [7, 11) is -4.10. The predicted octanol–water partition coefficient (Wildman–Crippen LogP) is 5.80. The third kappa shape index (κ3) is 5.76. The first-order valence-corrected chi connectivity index (χ1v) is 11.5. The normalized spacial score (nSPS) is 14.2. The zero-order chi connectivity index (χ0) is 25.4. The quantitative estimate of drug-likeness (QED) is 0.438. The van der Waals surface area contributed by atoms with Crippen molar-refractivity contribution in [1.29, 1.82) is 0 Å². The van der Waals surface area contributed by atoms with E-state index in [9.17, 15) is 34.8 Å². The van der Waals surface area contributed by atoms with Crippen molar-refractivity contribution in [1.82, 2.24) is 0 Å². The van der Waals surface area contributed by atoms with E-state index in [0.717, 1.165) is 36.4 Å². The molecule has 3 aromatic carbocycles. The summed E-state index contributed by atoms with van der Waals surface area (Å²) in [6.45, 7) is 0.312. The van der Waals surface area contributed by atoms with E-state index in [-0.39, 0.29) is 10.6 Å². The first kappa shape index (κ1) is 24.6. The van der Waals surface area contributed by atoms with Gasteiger partial charge in [0.2, 0.25) is 0 Å². The molecule has 1 aliphatic heterocycles. The second kappa shape index (κ2) is 8.91. The molecule has 1 heterocycles. The van der Waals surface area contributed by atoms with Crippen LogP contribution in [0, 0.1) is 0 Å². The van der Waals surface area contributed by atoms with Gasteiger partial charge in [0.1, 0.15) is 5.75 Å². The molecule has 5 nitrogen and oxygen atoms in total. The topological polar surface area (TPSA) is 67.8 Å². The lowest BCUT2D eigenvalue weighted by Gasteiger charge is -2.19. The van der Waals surface area contributed by atoms with Crippen LogP contribution in [-0.2, 0) is 22.6 Å². The van der Waals surface area contributed by atoms with Crippen LogP contribution in [0.5, 0.6) is 5.75 Å². The van der Waals surface area contributed by atoms with Gasteiger partial charge in [-0.25, -0.2) is 8.42 Å². The van der Waals surface area contributed by atoms with Crippen LogP contribution in [0.15, 0.2) is 76.6 Å². The van der Waals surface area contributed by atoms with Crippen LogP contribution < -0.4 is 9.46 Å². The number of halogens is 6. The molecule has 0 aliphatic carbocycles. The number of anilines is 1. The zero-order valence-electron chi connectivity index (χ0n) is 17.6. The minimum absolute atomic E-state index is 0.174. The standard InChI is InChI=1S/C23H16F6N2O3S/c24-22(25,26)16-3-10-20-15(13-16)11-12-30-21(20)14-1-4-17(5-2-14)31-35(32,33)19-8-6-18(7-9-19)34-23(27,28)29/h1-10,13,31H,11-12H2. The van der Waals surface area contributed by atoms with Gasteiger partial charge in [-0.15, -0.1) is 13.2 Å². The molecule has 4 rings (SSSR count). The molecule has 0 aromatic heterocycles. The Bertz CT molecular complexity index is 1360. The molecular weight excluding hydrogens is 498 g/mol. The Labute approximate surface area is 196 Å². The number of fused-ring (bicyclic) bond motifs is 1. The van der Waals surface area contributed by atoms with E-state index in [4.69, 9.17) is 0 Å². The molecule has 0 spiro atoms. The maximum Gasteiger partial charge on any atom is 0.573 e. The number of ether oxygens (including phenoxy) is 1. The number of nitrogens with zero attached hydrogens (tertiary/aromatic N) is 1. The SMILES string of the molecule is O=S(=O)(Nc1ccc(C2=NCCc3cc(C(F)(F)F)ccc32)cc1)c1ccc(OC(F)(F)F)cc1. The van der Waals surface area contributed by atoms with Crippen molar-refractivity contribution in [3.8, 4) is 5.75 Å². The van der Waals surface area contributed by atoms with Gasteiger partial charge in [-0.2, -0.15) is 13.2 Å². The van der Waals surface area contributed by atoms with Crippen molar-refractivity contribution in [2.45, 2.75) is 23.9 Å². The van der Waals surface area contributed by atoms with E-state index in [0.29, 0.717) is 35.4 Å². The number of hydrogen-bond acceptors (Lipinski definition) is 4. The van der Waals surface area contributed by atoms with E-state index in [1.54, 1.807) is 12.1 Å². The van der Waals surface area contributed by atoms with Gasteiger partial charge in [-0.3, -0.25) is 9.71 Å². The van der Waals surface area contributed by atoms with Gasteiger partial charge in [0.05, 0.1) is 16.2 Å². The molecule has 12 heteroatoms. The van der Waals surface area contributed by atoms with E-state index in [2.05, 4.69) is 14.5 Å². The average molecular weight is 514 g/mol. The Hall–Kier alpha value is -3.54. The van der Waals surface area contributed by atoms with Crippen LogP contribution in [-0.4, -0.2) is 27.0 Å². The van der Waals surface area contributed by atoms with Gasteiger partial charge in [0, 0.05) is 23.4 Å². The summed E-state index contributed by atoms with van der Waals surface area (Å²) in [6.07, 6.45) is -8.98. The molecule has 1 aliphatic rings. The molecule has 0 unspecified atom stereocenters. The lowest BCUT2D eigenvalue weighted by molar-refractivity contribution is -0.274. The molecule has 0 radical (unpaired) electrons. The molecule has 3 aromatic rings. The third-order valence-electron chi connectivity index (χ3n) is 5.12. The zero-order valence-corrected chi connectivity index (χ0v) is 18.4. The summed E-state index contributed by atoms with van der Waals surface area (Å²) >= 11 is 0. The first-order valence-electron chi connectivity index (χ1n) is 10.1. The smallest absolute Gasteiger partial charge is 0.406 e. The highest BCUT2D eigenvalue weighted by Crippen LogP contribution is 2.32. The maximum absolute atomic E-state index is 13.0. The Balaban J connectivity index is 1.51. The third-order valence-corrected chi connectivity index (χ3v) is 6.51. The summed E-state index contributed by atoms with van der Waals surface area (Å²) in [5.41, 5.74) is 1.61. The second-order valence-corrected chi connectivity index (χ2v) is 9.23. The molecule has 0 atom stereocenters. The minimum atomic E-state index is -4.90. The fourth-order valence-electron chi connectivity index (χ4n) is 3.56. The van der Waals surface area contributed by atoms with E-state index in [1.807, 2.05) is 0 Å². The van der Waals surface area contributed by atoms with Crippen molar-refractivity contribution >= 4 is 21.4 Å². The van der Waals surface area contributed by atoms with E-state index in [1.165, 1.54) is 18.2 Å². The largest absolute Gasteiger partial charge is 0.573 e. The number of sulfonamides is 1. The van der Waals surface area contributed by atoms with Crippen molar-refractivity contribution in [2.75, 3.05) is 11.3 Å². The molecule has 184 valence electrons. The van der Waals surface area contributed by atoms with Gasteiger partial charge >= 0.3 is 12.5 Å². The number of benzene rings is 3. The highest BCUT2D eigenvalue weighted by atomic mass is 32.2. The Kier molecular flexibility index (Phi) is 6.26. The van der Waals surface area contributed by atoms with Crippen LogP contribution in [0.1, 0.15) is 22.3 Å². The van der Waals surface area contributed by atoms with E-state index >= 15 is 0 Å². The minimum Gasteiger partial charge on any atom is -0.406 e. The van der Waals surface area contributed by atoms with Gasteiger partial charge in [-0.1, -0.05) is 18.2 Å². The van der Waals surface area contributed by atoms with Crippen LogP contribution in [0.3, 0.4) is 0 Å². The molecule has 0 fully saturated rings. The Morgan fingerprint density at radius 2 is 1.51 bits per heavy atom. The van der Waals surface area contributed by atoms with Gasteiger partial charge < -0.3 is 4.74 Å². The van der Waals surface area contributed by atoms with Crippen molar-refractivity contribution < 1.29 is 39.5 Å². The van der Waals surface area contributed by atoms with Gasteiger partial charge in [-0.05, 0) is 60.5 Å². The average Bonchev–Trinajstić information content (AvgIpc) is 2.77. The van der Waals surface area contributed by atoms with Crippen LogP contribution >= 0.6 is 0 Å². The maximum atomic E-state index is 13.0. The number of alkyl halides is 6. The number of hydrogen-bond donors (Lipinski definition) is 1. The van der Waals surface area contributed by atoms with Crippen LogP contribution in [0.4, 0.5) is 32.0 Å². The Morgan fingerprint density at radius 1 is 0.857 bits per heavy atom. The molecule has 35 heavy (non-hydrogen) atoms. The molecular formula is C23H16F6N2O3S. The monoisotopic (exact) mass is 514 g/mol. The van der Waals surface area contributed by atoms with Crippen LogP contribution in [0.25, 0.3) is 0 Å². The fraction of sp³-hybridized carbons (Fsp3) is 0.174. The number of nitrogens with one attached hydrogen (secondary N) is 1. The summed E-state index contributed by atoms with van der Waals surface area (Å²) in [6, 6.07) is 13.2. The number of rotatable bonds is 5. The van der Waals surface area contributed by atoms with Crippen molar-refractivity contribution in [2.24, 2.45) is 4.99 Å². The lowest BCUT2D eigenvalue weighted by Crippen LogP contribution is -2.17. The highest BCUT2D eigenvalue weighted by Gasteiger charge is 2.32. The molecule has 0 amide bonds. The van der Waals surface area contributed by atoms with Gasteiger partial charge in [0.15, 0.2) is 0 Å².